The number of benzene rings is 1. The average Bonchev–Trinajstić information content (AvgIpc) is 2.72. The van der Waals surface area contributed by atoms with Gasteiger partial charge in [0, 0.05) is 13.1 Å². The maximum Gasteiger partial charge on any atom is 0.254 e. The molecule has 1 aliphatic carbocycles. The summed E-state index contributed by atoms with van der Waals surface area (Å²) in [6, 6.07) is 5.03. The number of rotatable bonds is 5. The maximum atomic E-state index is 13.2. The van der Waals surface area contributed by atoms with Crippen molar-refractivity contribution in [1.82, 2.24) is 10.2 Å². The summed E-state index contributed by atoms with van der Waals surface area (Å²) in [5.41, 5.74) is 0.746. The van der Waals surface area contributed by atoms with Crippen molar-refractivity contribution in [2.45, 2.75) is 50.3 Å². The second-order valence-corrected chi connectivity index (χ2v) is 7.13. The average molecular weight is 376 g/mol. The van der Waals surface area contributed by atoms with E-state index in [1.165, 1.54) is 6.42 Å². The molecule has 27 heavy (non-hydrogen) atoms. The molecule has 2 aliphatic rings. The van der Waals surface area contributed by atoms with E-state index in [0.717, 1.165) is 31.2 Å². The Morgan fingerprint density at radius 3 is 2.52 bits per heavy atom. The fourth-order valence-electron chi connectivity index (χ4n) is 3.92. The van der Waals surface area contributed by atoms with Crippen LogP contribution < -0.4 is 14.8 Å². The summed E-state index contributed by atoms with van der Waals surface area (Å²) in [5.74, 6) is 0.800. The van der Waals surface area contributed by atoms with Gasteiger partial charge in [-0.1, -0.05) is 25.3 Å². The van der Waals surface area contributed by atoms with Crippen LogP contribution in [-0.4, -0.2) is 56.7 Å². The summed E-state index contributed by atoms with van der Waals surface area (Å²) in [6.45, 7) is -0.112. The highest BCUT2D eigenvalue weighted by atomic mass is 16.5. The van der Waals surface area contributed by atoms with Crippen molar-refractivity contribution in [2.75, 3.05) is 27.9 Å². The van der Waals surface area contributed by atoms with Crippen molar-refractivity contribution in [3.63, 3.8) is 0 Å². The van der Waals surface area contributed by atoms with Gasteiger partial charge >= 0.3 is 0 Å². The van der Waals surface area contributed by atoms with Gasteiger partial charge in [0.25, 0.3) is 5.91 Å². The zero-order valence-corrected chi connectivity index (χ0v) is 16.2. The molecule has 1 saturated carbocycles. The smallest absolute Gasteiger partial charge is 0.254 e. The van der Waals surface area contributed by atoms with Crippen LogP contribution in [0.2, 0.25) is 0 Å². The van der Waals surface area contributed by atoms with Gasteiger partial charge in [-0.25, -0.2) is 0 Å². The number of hydrogen-bond donors (Lipinski definition) is 1. The molecule has 2 fully saturated rings. The molecule has 2 amide bonds. The first-order valence-electron chi connectivity index (χ1n) is 9.44. The van der Waals surface area contributed by atoms with Crippen molar-refractivity contribution in [3.05, 3.63) is 23.8 Å². The van der Waals surface area contributed by atoms with Crippen molar-refractivity contribution >= 4 is 11.8 Å². The normalized spacial score (nSPS) is 23.4. The standard InChI is InChI=1S/C20H28N2O5/c1-22(14-7-5-4-6-8-14)20(24)19-18(21-17(23)12-27-19)13-9-10-15(25-2)16(11-13)26-3/h9-11,14,18-19H,4-8,12H2,1-3H3,(H,21,23)/t18-,19+/m1/s1. The first-order chi connectivity index (χ1) is 13.0. The van der Waals surface area contributed by atoms with E-state index in [4.69, 9.17) is 14.2 Å². The van der Waals surface area contributed by atoms with E-state index in [9.17, 15) is 9.59 Å². The van der Waals surface area contributed by atoms with E-state index in [-0.39, 0.29) is 24.5 Å². The minimum atomic E-state index is -0.757. The summed E-state index contributed by atoms with van der Waals surface area (Å²) in [6.07, 6.45) is 4.79. The number of likely N-dealkylation sites (N-methyl/N-ethyl adjacent to an activating group) is 1. The fourth-order valence-corrected chi connectivity index (χ4v) is 3.92. The van der Waals surface area contributed by atoms with Gasteiger partial charge in [-0.15, -0.1) is 0 Å². The number of nitrogens with zero attached hydrogens (tertiary/aromatic N) is 1. The molecule has 1 aliphatic heterocycles. The monoisotopic (exact) mass is 376 g/mol. The zero-order valence-electron chi connectivity index (χ0n) is 16.2. The van der Waals surface area contributed by atoms with Crippen LogP contribution in [0.5, 0.6) is 11.5 Å². The van der Waals surface area contributed by atoms with Gasteiger partial charge in [0.05, 0.1) is 20.3 Å². The number of carbonyl (C=O) groups is 2. The zero-order chi connectivity index (χ0) is 19.4. The molecule has 2 atom stereocenters. The molecule has 1 aromatic rings. The summed E-state index contributed by atoms with van der Waals surface area (Å²) in [4.78, 5) is 26.9. The van der Waals surface area contributed by atoms with Gasteiger partial charge in [0.2, 0.25) is 5.91 Å². The lowest BCUT2D eigenvalue weighted by atomic mass is 9.93. The lowest BCUT2D eigenvalue weighted by Crippen LogP contribution is -2.54. The molecule has 0 radical (unpaired) electrons. The molecule has 148 valence electrons. The quantitative estimate of drug-likeness (QED) is 0.851. The Kier molecular flexibility index (Phi) is 6.21. The number of methoxy groups -OCH3 is 2. The van der Waals surface area contributed by atoms with Crippen LogP contribution in [0.25, 0.3) is 0 Å². The SMILES string of the molecule is COc1ccc([C@H]2NC(=O)CO[C@@H]2C(=O)N(C)C2CCCCC2)cc1OC. The molecular formula is C20H28N2O5. The van der Waals surface area contributed by atoms with Gasteiger partial charge in [0.15, 0.2) is 17.6 Å². The summed E-state index contributed by atoms with van der Waals surface area (Å²) < 4.78 is 16.3. The molecule has 1 saturated heterocycles. The molecule has 0 spiro atoms. The summed E-state index contributed by atoms with van der Waals surface area (Å²) in [7, 11) is 4.95. The Labute approximate surface area is 160 Å². The topological polar surface area (TPSA) is 77.1 Å². The second-order valence-electron chi connectivity index (χ2n) is 7.13. The molecule has 0 aromatic heterocycles. The highest BCUT2D eigenvalue weighted by molar-refractivity contribution is 5.86. The molecular weight excluding hydrogens is 348 g/mol. The van der Waals surface area contributed by atoms with Gasteiger partial charge < -0.3 is 24.4 Å². The molecule has 1 heterocycles. The largest absolute Gasteiger partial charge is 0.493 e. The molecule has 1 N–H and O–H groups in total. The van der Waals surface area contributed by atoms with Crippen LogP contribution in [0, 0.1) is 0 Å². The Balaban J connectivity index is 1.84. The number of hydrogen-bond acceptors (Lipinski definition) is 5. The van der Waals surface area contributed by atoms with E-state index >= 15 is 0 Å². The molecule has 3 rings (SSSR count). The number of amides is 2. The predicted molar refractivity (Wildman–Crippen MR) is 99.8 cm³/mol. The highest BCUT2D eigenvalue weighted by Crippen LogP contribution is 2.33. The third-order valence-electron chi connectivity index (χ3n) is 5.49. The highest BCUT2D eigenvalue weighted by Gasteiger charge is 2.39. The third kappa shape index (κ3) is 4.18. The van der Waals surface area contributed by atoms with Crippen molar-refractivity contribution in [1.29, 1.82) is 0 Å². The lowest BCUT2D eigenvalue weighted by Gasteiger charge is -2.38. The Morgan fingerprint density at radius 2 is 1.85 bits per heavy atom. The summed E-state index contributed by atoms with van der Waals surface area (Å²) >= 11 is 0. The minimum Gasteiger partial charge on any atom is -0.493 e. The van der Waals surface area contributed by atoms with Crippen LogP contribution >= 0.6 is 0 Å². The molecule has 7 heteroatoms. The van der Waals surface area contributed by atoms with Gasteiger partial charge in [0.1, 0.15) is 6.61 Å². The van der Waals surface area contributed by atoms with Crippen LogP contribution in [0.3, 0.4) is 0 Å². The molecule has 1 aromatic carbocycles. The third-order valence-corrected chi connectivity index (χ3v) is 5.49. The van der Waals surface area contributed by atoms with E-state index in [1.807, 2.05) is 13.1 Å². The summed E-state index contributed by atoms with van der Waals surface area (Å²) in [5, 5.41) is 2.90. The van der Waals surface area contributed by atoms with Crippen LogP contribution in [-0.2, 0) is 14.3 Å². The maximum absolute atomic E-state index is 13.2. The molecule has 0 unspecified atom stereocenters. The van der Waals surface area contributed by atoms with Crippen molar-refractivity contribution in [3.8, 4) is 11.5 Å². The van der Waals surface area contributed by atoms with E-state index in [2.05, 4.69) is 5.32 Å². The van der Waals surface area contributed by atoms with Gasteiger partial charge in [-0.2, -0.15) is 0 Å². The molecule has 0 bridgehead atoms. The Morgan fingerprint density at radius 1 is 1.15 bits per heavy atom. The van der Waals surface area contributed by atoms with E-state index in [0.29, 0.717) is 11.5 Å². The van der Waals surface area contributed by atoms with Gasteiger partial charge in [-0.3, -0.25) is 9.59 Å². The van der Waals surface area contributed by atoms with Crippen LogP contribution in [0.15, 0.2) is 18.2 Å². The Hall–Kier alpha value is -2.28. The van der Waals surface area contributed by atoms with E-state index < -0.39 is 12.1 Å². The molecule has 7 nitrogen and oxygen atoms in total. The van der Waals surface area contributed by atoms with E-state index in [1.54, 1.807) is 31.3 Å². The second kappa shape index (κ2) is 8.61. The van der Waals surface area contributed by atoms with Crippen molar-refractivity contribution in [2.24, 2.45) is 0 Å². The van der Waals surface area contributed by atoms with Gasteiger partial charge in [-0.05, 0) is 30.5 Å². The number of morpholine rings is 1. The fraction of sp³-hybridized carbons (Fsp3) is 0.600. The first-order valence-corrected chi connectivity index (χ1v) is 9.44. The minimum absolute atomic E-state index is 0.0957. The van der Waals surface area contributed by atoms with Crippen molar-refractivity contribution < 1.29 is 23.8 Å². The number of carbonyl (C=O) groups excluding carboxylic acids is 2. The van der Waals surface area contributed by atoms with Crippen LogP contribution in [0.4, 0.5) is 0 Å². The lowest BCUT2D eigenvalue weighted by molar-refractivity contribution is -0.156. The van der Waals surface area contributed by atoms with Crippen LogP contribution in [0.1, 0.15) is 43.7 Å². The number of ether oxygens (including phenoxy) is 3. The Bertz CT molecular complexity index is 687. The first kappa shape index (κ1) is 19.5. The predicted octanol–water partition coefficient (Wildman–Crippen LogP) is 2.05. The number of nitrogens with one attached hydrogen (secondary N) is 1.